The quantitative estimate of drug-likeness (QED) is 0.0243. The molecule has 9 heteroatoms. The highest BCUT2D eigenvalue weighted by Gasteiger charge is 2.27. The van der Waals surface area contributed by atoms with Gasteiger partial charge in [0, 0.05) is 6.42 Å². The van der Waals surface area contributed by atoms with Gasteiger partial charge in [-0.15, -0.1) is 0 Å². The predicted molar refractivity (Wildman–Crippen MR) is 309 cm³/mol. The molecular weight excluding hydrogens is 900 g/mol. The maximum Gasteiger partial charge on any atom is 0.472 e. The largest absolute Gasteiger partial charge is 0.472 e. The van der Waals surface area contributed by atoms with Gasteiger partial charge >= 0.3 is 7.82 Å². The molecule has 8 nitrogen and oxygen atoms in total. The lowest BCUT2D eigenvalue weighted by Crippen LogP contribution is -2.45. The van der Waals surface area contributed by atoms with Crippen molar-refractivity contribution in [3.05, 3.63) is 72.9 Å². The average molecular weight is 1020 g/mol. The van der Waals surface area contributed by atoms with Crippen molar-refractivity contribution >= 4 is 13.7 Å². The molecule has 0 aliphatic heterocycles. The van der Waals surface area contributed by atoms with Crippen LogP contribution >= 0.6 is 7.82 Å². The number of hydrogen-bond donors (Lipinski definition) is 3. The minimum Gasteiger partial charge on any atom is -0.387 e. The van der Waals surface area contributed by atoms with Gasteiger partial charge in [-0.05, 0) is 70.6 Å². The zero-order chi connectivity index (χ0) is 52.0. The van der Waals surface area contributed by atoms with Crippen LogP contribution in [0.1, 0.15) is 264 Å². The van der Waals surface area contributed by atoms with Crippen LogP contribution in [0.5, 0.6) is 0 Å². The van der Waals surface area contributed by atoms with E-state index >= 15 is 0 Å². The third-order valence-corrected chi connectivity index (χ3v) is 14.1. The molecule has 0 heterocycles. The second-order valence-corrected chi connectivity index (χ2v) is 22.8. The first-order chi connectivity index (χ1) is 34.5. The monoisotopic (exact) mass is 1020 g/mol. The number of nitrogens with zero attached hydrogens (tertiary/aromatic N) is 1. The minimum atomic E-state index is -4.36. The fourth-order valence-electron chi connectivity index (χ4n) is 8.52. The van der Waals surface area contributed by atoms with Gasteiger partial charge in [0.25, 0.3) is 0 Å². The Hall–Kier alpha value is -2.06. The Morgan fingerprint density at radius 3 is 1.30 bits per heavy atom. The van der Waals surface area contributed by atoms with Crippen molar-refractivity contribution in [2.45, 2.75) is 276 Å². The highest BCUT2D eigenvalue weighted by Crippen LogP contribution is 2.43. The molecule has 0 bridgehead atoms. The van der Waals surface area contributed by atoms with Crippen LogP contribution in [0.2, 0.25) is 0 Å². The second-order valence-electron chi connectivity index (χ2n) is 21.3. The first-order valence-corrected chi connectivity index (χ1v) is 31.3. The molecule has 0 fully saturated rings. The van der Waals surface area contributed by atoms with E-state index in [0.717, 1.165) is 64.2 Å². The molecule has 0 aliphatic rings. The number of likely N-dealkylation sites (N-methyl/N-ethyl adjacent to an activating group) is 1. The number of aliphatic hydroxyl groups is 1. The van der Waals surface area contributed by atoms with Gasteiger partial charge in [0.1, 0.15) is 13.2 Å². The summed E-state index contributed by atoms with van der Waals surface area (Å²) in [7, 11) is 1.56. The number of phosphoric acid groups is 1. The van der Waals surface area contributed by atoms with Crippen molar-refractivity contribution in [3.63, 3.8) is 0 Å². The first kappa shape index (κ1) is 68.9. The zero-order valence-electron chi connectivity index (χ0n) is 47.2. The van der Waals surface area contributed by atoms with Crippen LogP contribution in [0.4, 0.5) is 0 Å². The molecular formula is C62H116N2O6P+. The van der Waals surface area contributed by atoms with Gasteiger partial charge in [-0.2, -0.15) is 0 Å². The number of hydrogen-bond acceptors (Lipinski definition) is 5. The Kier molecular flexibility index (Phi) is 51.3. The SMILES string of the molecule is CC/C=C\C/C=C\C/C=C\C/C=C\CCCCCCCCCCCCCCCCCCCCC(=O)NC(COP(=O)(O)OCC[N+](C)(C)C)C(O)/C=C/CC/C=C/CCCCCCCCCCCCCC. The lowest BCUT2D eigenvalue weighted by Gasteiger charge is -2.25. The fraction of sp³-hybridized carbons (Fsp3) is 0.790. The molecule has 0 aromatic carbocycles. The summed E-state index contributed by atoms with van der Waals surface area (Å²) in [6, 6.07) is -0.865. The van der Waals surface area contributed by atoms with Crippen molar-refractivity contribution < 1.29 is 32.9 Å². The van der Waals surface area contributed by atoms with E-state index in [1.807, 2.05) is 27.2 Å². The molecule has 71 heavy (non-hydrogen) atoms. The van der Waals surface area contributed by atoms with E-state index < -0.39 is 20.0 Å². The van der Waals surface area contributed by atoms with Gasteiger partial charge in [-0.3, -0.25) is 13.8 Å². The minimum absolute atomic E-state index is 0.0552. The van der Waals surface area contributed by atoms with Gasteiger partial charge in [0.05, 0.1) is 39.9 Å². The molecule has 0 rings (SSSR count). The number of rotatable bonds is 54. The highest BCUT2D eigenvalue weighted by molar-refractivity contribution is 7.47. The number of allylic oxidation sites excluding steroid dienone is 11. The molecule has 414 valence electrons. The summed E-state index contributed by atoms with van der Waals surface area (Å²) in [5.74, 6) is -0.185. The van der Waals surface area contributed by atoms with E-state index in [-0.39, 0.29) is 19.1 Å². The van der Waals surface area contributed by atoms with Crippen LogP contribution in [0.25, 0.3) is 0 Å². The molecule has 0 saturated carbocycles. The number of amides is 1. The van der Waals surface area contributed by atoms with Gasteiger partial charge in [-0.25, -0.2) is 4.57 Å². The molecule has 3 N–H and O–H groups in total. The molecule has 1 amide bonds. The molecule has 0 aliphatic carbocycles. The maximum absolute atomic E-state index is 13.0. The summed E-state index contributed by atoms with van der Waals surface area (Å²) in [5.41, 5.74) is 0. The van der Waals surface area contributed by atoms with E-state index in [4.69, 9.17) is 9.05 Å². The Bertz CT molecular complexity index is 1380. The average Bonchev–Trinajstić information content (AvgIpc) is 3.33. The highest BCUT2D eigenvalue weighted by atomic mass is 31.2. The smallest absolute Gasteiger partial charge is 0.387 e. The van der Waals surface area contributed by atoms with E-state index in [1.54, 1.807) is 6.08 Å². The lowest BCUT2D eigenvalue weighted by molar-refractivity contribution is -0.870. The maximum atomic E-state index is 13.0. The van der Waals surface area contributed by atoms with Crippen LogP contribution < -0.4 is 5.32 Å². The van der Waals surface area contributed by atoms with E-state index in [9.17, 15) is 19.4 Å². The number of carbonyl (C=O) groups excluding carboxylic acids is 1. The summed E-state index contributed by atoms with van der Waals surface area (Å²) in [6.07, 6.45) is 73.0. The van der Waals surface area contributed by atoms with Crippen LogP contribution in [0, 0.1) is 0 Å². The van der Waals surface area contributed by atoms with Crippen molar-refractivity contribution in [1.82, 2.24) is 5.32 Å². The summed E-state index contributed by atoms with van der Waals surface area (Å²) in [6.45, 7) is 4.70. The Balaban J connectivity index is 4.13. The van der Waals surface area contributed by atoms with Crippen LogP contribution in [-0.2, 0) is 18.4 Å². The molecule has 0 saturated heterocycles. The van der Waals surface area contributed by atoms with Gasteiger partial charge in [-0.1, -0.05) is 260 Å². The number of aliphatic hydroxyl groups excluding tert-OH is 1. The summed E-state index contributed by atoms with van der Waals surface area (Å²) in [4.78, 5) is 23.3. The van der Waals surface area contributed by atoms with Crippen molar-refractivity contribution in [2.24, 2.45) is 0 Å². The third kappa shape index (κ3) is 55.5. The number of quaternary nitrogens is 1. The predicted octanol–water partition coefficient (Wildman–Crippen LogP) is 18.3. The summed E-state index contributed by atoms with van der Waals surface area (Å²) in [5, 5.41) is 13.9. The molecule has 3 unspecified atom stereocenters. The van der Waals surface area contributed by atoms with Crippen molar-refractivity contribution in [1.29, 1.82) is 0 Å². The Labute approximate surface area is 440 Å². The van der Waals surface area contributed by atoms with Crippen LogP contribution in [-0.4, -0.2) is 73.4 Å². The van der Waals surface area contributed by atoms with Crippen LogP contribution in [0.15, 0.2) is 72.9 Å². The third-order valence-electron chi connectivity index (χ3n) is 13.2. The van der Waals surface area contributed by atoms with Gasteiger partial charge in [0.2, 0.25) is 5.91 Å². The van der Waals surface area contributed by atoms with E-state index in [2.05, 4.69) is 79.9 Å². The van der Waals surface area contributed by atoms with Crippen molar-refractivity contribution in [3.8, 4) is 0 Å². The Morgan fingerprint density at radius 1 is 0.493 bits per heavy atom. The fourth-order valence-corrected chi connectivity index (χ4v) is 9.26. The molecule has 0 radical (unpaired) electrons. The number of unbranched alkanes of at least 4 members (excludes halogenated alkanes) is 31. The number of carbonyl (C=O) groups is 1. The summed E-state index contributed by atoms with van der Waals surface area (Å²) >= 11 is 0. The first-order valence-electron chi connectivity index (χ1n) is 29.8. The molecule has 0 aromatic rings. The van der Waals surface area contributed by atoms with Gasteiger partial charge in [0.15, 0.2) is 0 Å². The standard InChI is InChI=1S/C62H115N2O6P/c1-6-8-10-12-14-16-18-20-22-24-26-27-28-29-30-31-32-33-34-35-36-37-38-40-42-44-46-48-50-52-54-56-62(66)63-60(59-70-71(67,68)69-58-57-64(3,4)5)61(65)55-53-51-49-47-45-43-41-39-25-23-21-19-17-15-13-11-9-7-2/h8,10,14,16,20,22,26-27,45,47,53,55,60-61,65H,6-7,9,11-13,15,17-19,21,23-25,28-44,46,48-52,54,56-59H2,1-5H3,(H-,63,66,67,68)/p+1/b10-8-,16-14-,22-20-,27-26-,47-45+,55-53+. The second kappa shape index (κ2) is 52.8. The van der Waals surface area contributed by atoms with Crippen LogP contribution in [0.3, 0.4) is 0 Å². The molecule has 3 atom stereocenters. The number of phosphoric ester groups is 1. The number of nitrogens with one attached hydrogen (secondary N) is 1. The Morgan fingerprint density at radius 2 is 0.859 bits per heavy atom. The molecule has 0 aromatic heterocycles. The van der Waals surface area contributed by atoms with E-state index in [0.29, 0.717) is 17.4 Å². The summed E-state index contributed by atoms with van der Waals surface area (Å²) < 4.78 is 23.7. The topological polar surface area (TPSA) is 105 Å². The van der Waals surface area contributed by atoms with E-state index in [1.165, 1.54) is 180 Å². The zero-order valence-corrected chi connectivity index (χ0v) is 48.1. The normalized spacial score (nSPS) is 14.4. The van der Waals surface area contributed by atoms with Gasteiger partial charge < -0.3 is 19.8 Å². The van der Waals surface area contributed by atoms with Crippen molar-refractivity contribution in [2.75, 3.05) is 40.9 Å². The lowest BCUT2D eigenvalue weighted by atomic mass is 10.0. The molecule has 0 spiro atoms.